The molecule has 0 spiro atoms. The molecule has 51 heavy (non-hydrogen) atoms. The number of rotatable bonds is 14. The molecule has 0 aliphatic carbocycles. The van der Waals surface area contributed by atoms with E-state index in [0.29, 0.717) is 34.6 Å². The summed E-state index contributed by atoms with van der Waals surface area (Å²) in [4.78, 5) is 42.5. The van der Waals surface area contributed by atoms with Gasteiger partial charge in [0.15, 0.2) is 14.1 Å². The highest BCUT2D eigenvalue weighted by atomic mass is 28.4. The molecule has 0 bridgehead atoms. The van der Waals surface area contributed by atoms with Crippen molar-refractivity contribution in [3.63, 3.8) is 0 Å². The summed E-state index contributed by atoms with van der Waals surface area (Å²) in [5, 5.41) is -0.132. The summed E-state index contributed by atoms with van der Waals surface area (Å²) in [7, 11) is 0.767. The summed E-state index contributed by atoms with van der Waals surface area (Å²) >= 11 is 0. The van der Waals surface area contributed by atoms with Crippen molar-refractivity contribution in [3.8, 4) is 22.3 Å². The van der Waals surface area contributed by atoms with E-state index < -0.39 is 20.4 Å². The van der Waals surface area contributed by atoms with Crippen molar-refractivity contribution in [1.82, 2.24) is 9.47 Å². The third-order valence-corrected chi connectivity index (χ3v) is 14.0. The number of methoxy groups -OCH3 is 1. The quantitative estimate of drug-likeness (QED) is 0.0740. The van der Waals surface area contributed by atoms with E-state index in [1.165, 1.54) is 25.3 Å². The molecule has 3 aromatic carbocycles. The Morgan fingerprint density at radius 2 is 1.43 bits per heavy atom. The maximum absolute atomic E-state index is 14.6. The van der Waals surface area contributed by atoms with Crippen LogP contribution in [0, 0.1) is 5.82 Å². The number of ketones is 1. The van der Waals surface area contributed by atoms with Gasteiger partial charge in [-0.15, -0.1) is 0 Å². The van der Waals surface area contributed by atoms with E-state index in [1.54, 1.807) is 30.2 Å². The first-order chi connectivity index (χ1) is 24.0. The first-order valence-corrected chi connectivity index (χ1v) is 20.3. The van der Waals surface area contributed by atoms with Crippen LogP contribution in [0.3, 0.4) is 0 Å². The third kappa shape index (κ3) is 9.59. The van der Waals surface area contributed by atoms with Crippen molar-refractivity contribution in [2.75, 3.05) is 14.2 Å². The van der Waals surface area contributed by atoms with Gasteiger partial charge in [-0.25, -0.2) is 4.39 Å². The molecule has 9 heteroatoms. The molecule has 0 saturated carbocycles. The Balaban J connectivity index is 1.90. The number of nitrogens with zero attached hydrogens (tertiary/aromatic N) is 2. The number of carbonyl (C=O) groups excluding carboxylic acids is 3. The number of esters is 1. The predicted octanol–water partition coefficient (Wildman–Crippen LogP) is 9.74. The minimum Gasteiger partial charge on any atom is -0.469 e. The molecular weight excluding hydrogens is 660 g/mol. The van der Waals surface area contributed by atoms with Gasteiger partial charge in [0.2, 0.25) is 0 Å². The first kappa shape index (κ1) is 39.2. The van der Waals surface area contributed by atoms with E-state index in [0.717, 1.165) is 11.1 Å². The Kier molecular flexibility index (Phi) is 12.8. The lowest BCUT2D eigenvalue weighted by molar-refractivity contribution is -0.142. The van der Waals surface area contributed by atoms with Crippen molar-refractivity contribution < 1.29 is 27.9 Å². The summed E-state index contributed by atoms with van der Waals surface area (Å²) in [6, 6.07) is 25.4. The lowest BCUT2D eigenvalue weighted by atomic mass is 9.94. The van der Waals surface area contributed by atoms with Gasteiger partial charge >= 0.3 is 5.97 Å². The van der Waals surface area contributed by atoms with Crippen LogP contribution in [-0.4, -0.2) is 55.7 Å². The minimum absolute atomic E-state index is 0.0243. The summed E-state index contributed by atoms with van der Waals surface area (Å²) in [5.41, 5.74) is 5.00. The van der Waals surface area contributed by atoms with Gasteiger partial charge in [0.1, 0.15) is 11.5 Å². The minimum atomic E-state index is -2.34. The number of hydrogen-bond donors (Lipinski definition) is 0. The molecule has 1 heterocycles. The molecule has 1 atom stereocenters. The number of aromatic nitrogens is 1. The van der Waals surface area contributed by atoms with E-state index in [-0.39, 0.29) is 41.4 Å². The van der Waals surface area contributed by atoms with E-state index in [4.69, 9.17) is 9.16 Å². The molecule has 4 rings (SSSR count). The van der Waals surface area contributed by atoms with Crippen molar-refractivity contribution in [2.24, 2.45) is 0 Å². The number of hydrogen-bond acceptors (Lipinski definition) is 5. The van der Waals surface area contributed by atoms with Gasteiger partial charge in [0.25, 0.3) is 5.91 Å². The molecule has 0 N–H and O–H groups in total. The standard InChI is InChI=1S/C42H51FN2O5Si/c1-29(2)45-36(25-24-34(46)26-35(27-37(47)49-7)50-51(8,9)42(3,4)5)38(32-20-22-33(43)23-21-32)39(31-18-14-11-15-19-31)40(45)41(48)44(6)28-30-16-12-10-13-17-30/h10-25,29,35H,26-28H2,1-9H3/t35-/m1/s1. The molecule has 7 nitrogen and oxygen atoms in total. The number of ether oxygens (including phenoxy) is 1. The van der Waals surface area contributed by atoms with Crippen molar-refractivity contribution in [2.45, 2.75) is 84.3 Å². The largest absolute Gasteiger partial charge is 0.469 e. The van der Waals surface area contributed by atoms with Crippen molar-refractivity contribution >= 4 is 32.1 Å². The average Bonchev–Trinajstić information content (AvgIpc) is 3.42. The maximum atomic E-state index is 14.6. The average molecular weight is 711 g/mol. The third-order valence-electron chi connectivity index (χ3n) is 9.51. The van der Waals surface area contributed by atoms with Gasteiger partial charge in [-0.1, -0.05) is 93.6 Å². The second-order valence-corrected chi connectivity index (χ2v) is 19.5. The Hall–Kier alpha value is -4.60. The molecule has 0 unspecified atom stereocenters. The highest BCUT2D eigenvalue weighted by molar-refractivity contribution is 6.74. The Morgan fingerprint density at radius 3 is 1.98 bits per heavy atom. The van der Waals surface area contributed by atoms with Crippen LogP contribution in [0.1, 0.15) is 75.2 Å². The molecule has 0 radical (unpaired) electrons. The van der Waals surface area contributed by atoms with Crippen molar-refractivity contribution in [3.05, 3.63) is 114 Å². The van der Waals surface area contributed by atoms with Gasteiger partial charge < -0.3 is 18.6 Å². The fourth-order valence-electron chi connectivity index (χ4n) is 5.90. The second kappa shape index (κ2) is 16.6. The van der Waals surface area contributed by atoms with E-state index >= 15 is 0 Å². The van der Waals surface area contributed by atoms with Crippen LogP contribution in [0.25, 0.3) is 28.3 Å². The van der Waals surface area contributed by atoms with Crippen LogP contribution in [0.15, 0.2) is 91.0 Å². The smallest absolute Gasteiger partial charge is 0.308 e. The van der Waals surface area contributed by atoms with Crippen LogP contribution < -0.4 is 0 Å². The molecule has 0 saturated heterocycles. The van der Waals surface area contributed by atoms with Gasteiger partial charge in [-0.2, -0.15) is 0 Å². The zero-order valence-electron chi connectivity index (χ0n) is 31.3. The second-order valence-electron chi connectivity index (χ2n) is 14.8. The molecule has 0 aliphatic rings. The van der Waals surface area contributed by atoms with Crippen LogP contribution >= 0.6 is 0 Å². The summed E-state index contributed by atoms with van der Waals surface area (Å²) in [6.45, 7) is 14.9. The first-order valence-electron chi connectivity index (χ1n) is 17.4. The summed E-state index contributed by atoms with van der Waals surface area (Å²) in [6.07, 6.45) is 2.51. The molecule has 1 amide bonds. The zero-order chi connectivity index (χ0) is 37.5. The van der Waals surface area contributed by atoms with Crippen LogP contribution in [0.5, 0.6) is 0 Å². The Morgan fingerprint density at radius 1 is 0.863 bits per heavy atom. The number of allylic oxidation sites excluding steroid dienone is 1. The van der Waals surface area contributed by atoms with Gasteiger partial charge in [-0.3, -0.25) is 14.4 Å². The molecule has 0 fully saturated rings. The lowest BCUT2D eigenvalue weighted by Gasteiger charge is -2.39. The number of amides is 1. The lowest BCUT2D eigenvalue weighted by Crippen LogP contribution is -2.44. The Bertz CT molecular complexity index is 1840. The van der Waals surface area contributed by atoms with Crippen molar-refractivity contribution in [1.29, 1.82) is 0 Å². The normalized spacial score (nSPS) is 12.7. The highest BCUT2D eigenvalue weighted by Gasteiger charge is 2.40. The van der Waals surface area contributed by atoms with Gasteiger partial charge in [0, 0.05) is 37.2 Å². The number of benzene rings is 3. The SMILES string of the molecule is COC(=O)C[C@@H](CC(=O)C=Cc1c(-c2ccc(F)cc2)c(-c2ccccc2)c(C(=O)N(C)Cc2ccccc2)n1C(C)C)O[Si](C)(C)C(C)(C)C. The summed E-state index contributed by atoms with van der Waals surface area (Å²) < 4.78 is 27.8. The fourth-order valence-corrected chi connectivity index (χ4v) is 7.26. The van der Waals surface area contributed by atoms with Gasteiger partial charge in [0.05, 0.1) is 25.3 Å². The summed E-state index contributed by atoms with van der Waals surface area (Å²) in [5.74, 6) is -1.26. The molecular formula is C42H51FN2O5Si. The zero-order valence-corrected chi connectivity index (χ0v) is 32.3. The molecule has 1 aromatic heterocycles. The van der Waals surface area contributed by atoms with E-state index in [2.05, 4.69) is 33.9 Å². The monoisotopic (exact) mass is 710 g/mol. The van der Waals surface area contributed by atoms with E-state index in [1.807, 2.05) is 79.1 Å². The Labute approximate surface area is 303 Å². The molecule has 270 valence electrons. The highest BCUT2D eigenvalue weighted by Crippen LogP contribution is 2.43. The van der Waals surface area contributed by atoms with Crippen LogP contribution in [0.2, 0.25) is 18.1 Å². The van der Waals surface area contributed by atoms with Crippen LogP contribution in [0.4, 0.5) is 4.39 Å². The number of halogens is 1. The topological polar surface area (TPSA) is 77.8 Å². The van der Waals surface area contributed by atoms with E-state index in [9.17, 15) is 18.8 Å². The van der Waals surface area contributed by atoms with Gasteiger partial charge in [-0.05, 0) is 73.0 Å². The van der Waals surface area contributed by atoms with Crippen LogP contribution in [-0.2, 0) is 25.3 Å². The fraction of sp³-hybridized carbons (Fsp3) is 0.357. The maximum Gasteiger partial charge on any atom is 0.308 e. The predicted molar refractivity (Wildman–Crippen MR) is 205 cm³/mol. The molecule has 0 aliphatic heterocycles. The molecule has 4 aromatic rings. The number of carbonyl (C=O) groups is 3.